The van der Waals surface area contributed by atoms with Crippen molar-refractivity contribution in [3.63, 3.8) is 0 Å². The maximum Gasteiger partial charge on any atom is 0.159 e. The molecule has 0 fully saturated rings. The van der Waals surface area contributed by atoms with E-state index in [4.69, 9.17) is 9.47 Å². The van der Waals surface area contributed by atoms with Crippen LogP contribution < -0.4 is 9.47 Å². The van der Waals surface area contributed by atoms with E-state index in [0.29, 0.717) is 5.82 Å². The fourth-order valence-corrected chi connectivity index (χ4v) is 3.32. The molecule has 4 nitrogen and oxygen atoms in total. The van der Waals surface area contributed by atoms with Crippen LogP contribution in [0.1, 0.15) is 85.0 Å². The normalized spacial score (nSPS) is 12.0. The third-order valence-electron chi connectivity index (χ3n) is 5.56. The van der Waals surface area contributed by atoms with E-state index < -0.39 is 0 Å². The second kappa shape index (κ2) is 14.8. The second-order valence-corrected chi connectivity index (χ2v) is 8.24. The van der Waals surface area contributed by atoms with E-state index in [1.807, 2.05) is 24.3 Å². The number of unbranched alkanes of at least 4 members (excludes halogenated alkanes) is 6. The third kappa shape index (κ3) is 9.60. The van der Waals surface area contributed by atoms with Gasteiger partial charge in [-0.1, -0.05) is 65.7 Å². The van der Waals surface area contributed by atoms with E-state index in [9.17, 15) is 0 Å². The topological polar surface area (TPSA) is 44.2 Å². The summed E-state index contributed by atoms with van der Waals surface area (Å²) in [6, 6.07) is 8.03. The van der Waals surface area contributed by atoms with E-state index in [-0.39, 0.29) is 0 Å². The number of benzene rings is 1. The highest BCUT2D eigenvalue weighted by Gasteiger charge is 2.04. The van der Waals surface area contributed by atoms with Gasteiger partial charge in [0.2, 0.25) is 0 Å². The predicted octanol–water partition coefficient (Wildman–Crippen LogP) is 7.48. The van der Waals surface area contributed by atoms with Gasteiger partial charge in [0, 0.05) is 5.56 Å². The van der Waals surface area contributed by atoms with Crippen molar-refractivity contribution in [2.75, 3.05) is 13.2 Å². The van der Waals surface area contributed by atoms with Crippen molar-refractivity contribution < 1.29 is 9.47 Å². The highest BCUT2D eigenvalue weighted by molar-refractivity contribution is 5.56. The molecule has 1 aromatic carbocycles. The van der Waals surface area contributed by atoms with Crippen molar-refractivity contribution in [2.24, 2.45) is 5.92 Å². The van der Waals surface area contributed by atoms with Gasteiger partial charge in [-0.05, 0) is 49.4 Å². The molecule has 0 aliphatic heterocycles. The lowest BCUT2D eigenvalue weighted by Gasteiger charge is -2.09. The van der Waals surface area contributed by atoms with E-state index >= 15 is 0 Å². The van der Waals surface area contributed by atoms with Crippen LogP contribution in [0.5, 0.6) is 11.5 Å². The van der Waals surface area contributed by atoms with Crippen molar-refractivity contribution in [1.82, 2.24) is 9.97 Å². The smallest absolute Gasteiger partial charge is 0.159 e. The van der Waals surface area contributed by atoms with Crippen LogP contribution >= 0.6 is 0 Å². The zero-order valence-corrected chi connectivity index (χ0v) is 19.2. The van der Waals surface area contributed by atoms with Crippen molar-refractivity contribution in [2.45, 2.75) is 85.0 Å². The van der Waals surface area contributed by atoms with E-state index in [1.165, 1.54) is 51.4 Å². The summed E-state index contributed by atoms with van der Waals surface area (Å²) < 4.78 is 11.6. The number of nitrogens with zero attached hydrogens (tertiary/aromatic N) is 2. The highest BCUT2D eigenvalue weighted by Crippen LogP contribution is 2.21. The molecule has 1 unspecified atom stereocenters. The Hall–Kier alpha value is -2.10. The Balaban J connectivity index is 1.67. The van der Waals surface area contributed by atoms with Crippen molar-refractivity contribution in [1.29, 1.82) is 0 Å². The summed E-state index contributed by atoms with van der Waals surface area (Å²) in [5.74, 6) is 3.11. The van der Waals surface area contributed by atoms with Gasteiger partial charge < -0.3 is 9.47 Å². The van der Waals surface area contributed by atoms with Gasteiger partial charge >= 0.3 is 0 Å². The fourth-order valence-electron chi connectivity index (χ4n) is 3.32. The average molecular weight is 413 g/mol. The molecule has 1 aromatic heterocycles. The van der Waals surface area contributed by atoms with Crippen LogP contribution in [0.25, 0.3) is 11.4 Å². The highest BCUT2D eigenvalue weighted by atomic mass is 16.5. The van der Waals surface area contributed by atoms with Gasteiger partial charge in [-0.3, -0.25) is 0 Å². The molecule has 4 heteroatoms. The van der Waals surface area contributed by atoms with Gasteiger partial charge in [-0.25, -0.2) is 9.97 Å². The van der Waals surface area contributed by atoms with Crippen LogP contribution in [0.15, 0.2) is 36.7 Å². The van der Waals surface area contributed by atoms with Crippen LogP contribution in [0.2, 0.25) is 0 Å². The first-order valence-electron chi connectivity index (χ1n) is 11.9. The lowest BCUT2D eigenvalue weighted by Crippen LogP contribution is -2.02. The molecule has 1 heterocycles. The maximum atomic E-state index is 5.86. The predicted molar refractivity (Wildman–Crippen MR) is 125 cm³/mol. The molecule has 0 bridgehead atoms. The van der Waals surface area contributed by atoms with Gasteiger partial charge in [-0.2, -0.15) is 0 Å². The van der Waals surface area contributed by atoms with Crippen LogP contribution in [-0.2, 0) is 0 Å². The number of hydrogen-bond donors (Lipinski definition) is 0. The first-order chi connectivity index (χ1) is 14.7. The quantitative estimate of drug-likeness (QED) is 0.268. The van der Waals surface area contributed by atoms with E-state index in [0.717, 1.165) is 49.0 Å². The summed E-state index contributed by atoms with van der Waals surface area (Å²) in [6.07, 6.45) is 16.1. The molecule has 0 amide bonds. The molecule has 0 saturated heterocycles. The molecule has 30 heavy (non-hydrogen) atoms. The molecule has 2 rings (SSSR count). The molecular weight excluding hydrogens is 372 g/mol. The average Bonchev–Trinajstić information content (AvgIpc) is 2.79. The Labute approximate surface area is 183 Å². The summed E-state index contributed by atoms with van der Waals surface area (Å²) >= 11 is 0. The molecule has 0 N–H and O–H groups in total. The number of hydrogen-bond acceptors (Lipinski definition) is 4. The Morgan fingerprint density at radius 2 is 1.33 bits per heavy atom. The zero-order chi connectivity index (χ0) is 21.4. The minimum absolute atomic E-state index is 0.709. The molecule has 1 atom stereocenters. The van der Waals surface area contributed by atoms with Gasteiger partial charge in [0.05, 0.1) is 25.6 Å². The second-order valence-electron chi connectivity index (χ2n) is 8.24. The number of ether oxygens (including phenoxy) is 2. The summed E-state index contributed by atoms with van der Waals surface area (Å²) in [6.45, 7) is 8.27. The van der Waals surface area contributed by atoms with Crippen LogP contribution in [0.3, 0.4) is 0 Å². The lowest BCUT2D eigenvalue weighted by molar-refractivity contribution is 0.292. The van der Waals surface area contributed by atoms with Gasteiger partial charge in [-0.15, -0.1) is 0 Å². The molecule has 0 aliphatic carbocycles. The van der Waals surface area contributed by atoms with Gasteiger partial charge in [0.25, 0.3) is 0 Å². The number of aromatic nitrogens is 2. The minimum atomic E-state index is 0.709. The Morgan fingerprint density at radius 1 is 0.733 bits per heavy atom. The van der Waals surface area contributed by atoms with Gasteiger partial charge in [0.1, 0.15) is 5.75 Å². The van der Waals surface area contributed by atoms with E-state index in [1.54, 1.807) is 12.4 Å². The largest absolute Gasteiger partial charge is 0.494 e. The Kier molecular flexibility index (Phi) is 11.9. The Morgan fingerprint density at radius 3 is 2.00 bits per heavy atom. The van der Waals surface area contributed by atoms with Crippen molar-refractivity contribution >= 4 is 0 Å². The van der Waals surface area contributed by atoms with Crippen LogP contribution in [0, 0.1) is 5.92 Å². The Bertz CT molecular complexity index is 670. The molecule has 0 saturated carbocycles. The zero-order valence-electron chi connectivity index (χ0n) is 19.2. The standard InChI is InChI=1S/C26H40N2O2/c1-4-6-7-8-9-10-11-18-29-24-16-14-23(15-17-24)26-27-20-25(21-28-26)30-19-12-13-22(3)5-2/h14-17,20-22H,4-13,18-19H2,1-3H3. The molecule has 0 aliphatic rings. The first kappa shape index (κ1) is 24.2. The lowest BCUT2D eigenvalue weighted by atomic mass is 10.0. The SMILES string of the molecule is CCCCCCCCCOc1ccc(-c2ncc(OCCCC(C)CC)cn2)cc1. The summed E-state index contributed by atoms with van der Waals surface area (Å²) in [4.78, 5) is 8.90. The monoisotopic (exact) mass is 412 g/mol. The maximum absolute atomic E-state index is 5.86. The third-order valence-corrected chi connectivity index (χ3v) is 5.56. The molecule has 0 spiro atoms. The van der Waals surface area contributed by atoms with E-state index in [2.05, 4.69) is 30.7 Å². The van der Waals surface area contributed by atoms with Crippen molar-refractivity contribution in [3.05, 3.63) is 36.7 Å². The molecule has 166 valence electrons. The molecule has 2 aromatic rings. The molecular formula is C26H40N2O2. The summed E-state index contributed by atoms with van der Waals surface area (Å²) in [7, 11) is 0. The van der Waals surface area contributed by atoms with Gasteiger partial charge in [0.15, 0.2) is 11.6 Å². The fraction of sp³-hybridized carbons (Fsp3) is 0.615. The number of rotatable bonds is 16. The molecule has 0 radical (unpaired) electrons. The van der Waals surface area contributed by atoms with Crippen molar-refractivity contribution in [3.8, 4) is 22.9 Å². The summed E-state index contributed by atoms with van der Waals surface area (Å²) in [5.41, 5.74) is 0.988. The van der Waals surface area contributed by atoms with Crippen LogP contribution in [0.4, 0.5) is 0 Å². The van der Waals surface area contributed by atoms with Crippen LogP contribution in [-0.4, -0.2) is 23.2 Å². The minimum Gasteiger partial charge on any atom is -0.494 e. The summed E-state index contributed by atoms with van der Waals surface area (Å²) in [5, 5.41) is 0. The first-order valence-corrected chi connectivity index (χ1v) is 11.9.